The molecule has 0 spiro atoms. The van der Waals surface area contributed by atoms with Crippen LogP contribution in [0.4, 0.5) is 0 Å². The summed E-state index contributed by atoms with van der Waals surface area (Å²) in [7, 11) is 0. The maximum absolute atomic E-state index is 4.42. The summed E-state index contributed by atoms with van der Waals surface area (Å²) in [5.41, 5.74) is 1.46. The minimum Gasteiger partial charge on any atom is -0.261 e. The molecule has 1 aromatic heterocycles. The molecule has 0 aromatic carbocycles. The van der Waals surface area contributed by atoms with Crippen molar-refractivity contribution in [2.24, 2.45) is 5.41 Å². The summed E-state index contributed by atoms with van der Waals surface area (Å²) < 4.78 is 0. The fraction of sp³-hybridized carbons (Fsp3) is 0.538. The van der Waals surface area contributed by atoms with Crippen molar-refractivity contribution in [3.8, 4) is 0 Å². The van der Waals surface area contributed by atoms with Crippen LogP contribution in [0.15, 0.2) is 24.4 Å². The quantitative estimate of drug-likeness (QED) is 0.703. The Morgan fingerprint density at radius 2 is 2.14 bits per heavy atom. The zero-order valence-corrected chi connectivity index (χ0v) is 9.46. The lowest BCUT2D eigenvalue weighted by Crippen LogP contribution is -2.21. The first-order valence-electron chi connectivity index (χ1n) is 5.32. The molecule has 1 atom stereocenters. The molecule has 1 nitrogen and oxygen atoms in total. The third-order valence-corrected chi connectivity index (χ3v) is 3.19. The molecule has 1 heterocycles. The van der Waals surface area contributed by atoms with Crippen LogP contribution in [0.25, 0.3) is 0 Å². The lowest BCUT2D eigenvalue weighted by molar-refractivity contribution is 0.269. The van der Waals surface area contributed by atoms with Crippen LogP contribution in [0.5, 0.6) is 0 Å². The van der Waals surface area contributed by atoms with Crippen molar-refractivity contribution < 1.29 is 0 Å². The van der Waals surface area contributed by atoms with Gasteiger partial charge in [0.1, 0.15) is 0 Å². The zero-order chi connectivity index (χ0) is 10.6. The van der Waals surface area contributed by atoms with Gasteiger partial charge in [-0.3, -0.25) is 4.98 Å². The van der Waals surface area contributed by atoms with E-state index in [9.17, 15) is 0 Å². The number of hydrogen-bond donors (Lipinski definition) is 0. The van der Waals surface area contributed by atoms with Gasteiger partial charge >= 0.3 is 0 Å². The van der Waals surface area contributed by atoms with Gasteiger partial charge < -0.3 is 0 Å². The SMILES string of the molecule is [CH2]CC(c1ccccn1)C(C)(C)CC. The van der Waals surface area contributed by atoms with Gasteiger partial charge in [0, 0.05) is 17.8 Å². The van der Waals surface area contributed by atoms with Crippen LogP contribution in [0.3, 0.4) is 0 Å². The fourth-order valence-electron chi connectivity index (χ4n) is 1.77. The second kappa shape index (κ2) is 4.59. The third-order valence-electron chi connectivity index (χ3n) is 3.19. The summed E-state index contributed by atoms with van der Waals surface area (Å²) in [4.78, 5) is 4.42. The topological polar surface area (TPSA) is 12.9 Å². The molecule has 0 saturated heterocycles. The second-order valence-corrected chi connectivity index (χ2v) is 4.44. The van der Waals surface area contributed by atoms with E-state index in [1.165, 1.54) is 5.69 Å². The molecule has 1 radical (unpaired) electrons. The zero-order valence-electron chi connectivity index (χ0n) is 9.46. The summed E-state index contributed by atoms with van der Waals surface area (Å²) >= 11 is 0. The van der Waals surface area contributed by atoms with Crippen LogP contribution in [0.1, 0.15) is 45.2 Å². The predicted octanol–water partition coefficient (Wildman–Crippen LogP) is 3.83. The van der Waals surface area contributed by atoms with Crippen molar-refractivity contribution in [3.63, 3.8) is 0 Å². The standard InChI is InChI=1S/C13H20N/c1-5-11(13(3,4)6-2)12-9-7-8-10-14-12/h7-11H,1,5-6H2,2-4H3. The lowest BCUT2D eigenvalue weighted by atomic mass is 9.73. The summed E-state index contributed by atoms with van der Waals surface area (Å²) in [5.74, 6) is 0.466. The number of hydrogen-bond acceptors (Lipinski definition) is 1. The van der Waals surface area contributed by atoms with Crippen LogP contribution in [-0.2, 0) is 0 Å². The van der Waals surface area contributed by atoms with Crippen LogP contribution in [-0.4, -0.2) is 4.98 Å². The molecule has 0 aliphatic carbocycles. The predicted molar refractivity (Wildman–Crippen MR) is 61.0 cm³/mol. The number of pyridine rings is 1. The summed E-state index contributed by atoms with van der Waals surface area (Å²) in [6.45, 7) is 10.8. The Morgan fingerprint density at radius 3 is 2.57 bits per heavy atom. The van der Waals surface area contributed by atoms with E-state index in [-0.39, 0.29) is 5.41 Å². The molecular weight excluding hydrogens is 170 g/mol. The van der Waals surface area contributed by atoms with Crippen molar-refractivity contribution in [1.82, 2.24) is 4.98 Å². The van der Waals surface area contributed by atoms with Gasteiger partial charge in [-0.1, -0.05) is 40.2 Å². The van der Waals surface area contributed by atoms with Crippen molar-refractivity contribution in [3.05, 3.63) is 37.0 Å². The van der Waals surface area contributed by atoms with Crippen LogP contribution >= 0.6 is 0 Å². The van der Waals surface area contributed by atoms with Gasteiger partial charge in [0.05, 0.1) is 0 Å². The highest BCUT2D eigenvalue weighted by Gasteiger charge is 2.28. The van der Waals surface area contributed by atoms with Gasteiger partial charge in [-0.25, -0.2) is 0 Å². The first-order chi connectivity index (χ1) is 6.61. The largest absolute Gasteiger partial charge is 0.261 e. The summed E-state index contributed by atoms with van der Waals surface area (Å²) in [6.07, 6.45) is 3.94. The van der Waals surface area contributed by atoms with Gasteiger partial charge in [0.2, 0.25) is 0 Å². The van der Waals surface area contributed by atoms with Crippen LogP contribution in [0.2, 0.25) is 0 Å². The Hall–Kier alpha value is -0.850. The molecule has 77 valence electrons. The van der Waals surface area contributed by atoms with Crippen LogP contribution < -0.4 is 0 Å². The van der Waals surface area contributed by atoms with Crippen molar-refractivity contribution in [2.75, 3.05) is 0 Å². The average Bonchev–Trinajstić information content (AvgIpc) is 2.20. The highest BCUT2D eigenvalue weighted by molar-refractivity contribution is 5.12. The van der Waals surface area contributed by atoms with E-state index in [1.54, 1.807) is 0 Å². The minimum atomic E-state index is 0.288. The molecule has 0 saturated carbocycles. The smallest absolute Gasteiger partial charge is 0.0439 e. The van der Waals surface area contributed by atoms with Gasteiger partial charge in [-0.2, -0.15) is 0 Å². The number of aromatic nitrogens is 1. The first kappa shape index (κ1) is 11.2. The van der Waals surface area contributed by atoms with Gasteiger partial charge in [0.25, 0.3) is 0 Å². The summed E-state index contributed by atoms with van der Waals surface area (Å²) in [5, 5.41) is 0. The maximum Gasteiger partial charge on any atom is 0.0439 e. The van der Waals surface area contributed by atoms with E-state index in [4.69, 9.17) is 0 Å². The first-order valence-corrected chi connectivity index (χ1v) is 5.32. The molecule has 1 aromatic rings. The Kier molecular flexibility index (Phi) is 3.68. The normalized spacial score (nSPS) is 14.0. The third kappa shape index (κ3) is 2.34. The molecule has 0 amide bonds. The Labute approximate surface area is 87.6 Å². The van der Waals surface area contributed by atoms with E-state index in [1.807, 2.05) is 12.3 Å². The Balaban J connectivity index is 2.93. The molecule has 1 rings (SSSR count). The van der Waals surface area contributed by atoms with Crippen molar-refractivity contribution in [1.29, 1.82) is 0 Å². The molecule has 0 bridgehead atoms. The Morgan fingerprint density at radius 1 is 1.43 bits per heavy atom. The number of rotatable bonds is 4. The minimum absolute atomic E-state index is 0.288. The molecular formula is C13H20N. The molecule has 0 N–H and O–H groups in total. The molecule has 0 aliphatic rings. The van der Waals surface area contributed by atoms with E-state index >= 15 is 0 Å². The summed E-state index contributed by atoms with van der Waals surface area (Å²) in [6, 6.07) is 6.12. The monoisotopic (exact) mass is 190 g/mol. The molecule has 0 aliphatic heterocycles. The molecule has 1 unspecified atom stereocenters. The van der Waals surface area contributed by atoms with Gasteiger partial charge in [-0.15, -0.1) is 0 Å². The lowest BCUT2D eigenvalue weighted by Gasteiger charge is -2.32. The molecule has 1 heteroatoms. The second-order valence-electron chi connectivity index (χ2n) is 4.44. The van der Waals surface area contributed by atoms with E-state index in [0.717, 1.165) is 12.8 Å². The van der Waals surface area contributed by atoms with Gasteiger partial charge in [0.15, 0.2) is 0 Å². The van der Waals surface area contributed by atoms with Crippen LogP contribution in [0, 0.1) is 12.3 Å². The fourth-order valence-corrected chi connectivity index (χ4v) is 1.77. The Bertz CT molecular complexity index is 264. The van der Waals surface area contributed by atoms with Gasteiger partial charge in [-0.05, 0) is 24.0 Å². The van der Waals surface area contributed by atoms with E-state index in [0.29, 0.717) is 5.92 Å². The van der Waals surface area contributed by atoms with E-state index in [2.05, 4.69) is 44.8 Å². The van der Waals surface area contributed by atoms with Crippen molar-refractivity contribution in [2.45, 2.75) is 39.5 Å². The highest BCUT2D eigenvalue weighted by atomic mass is 14.7. The van der Waals surface area contributed by atoms with E-state index < -0.39 is 0 Å². The maximum atomic E-state index is 4.42. The highest BCUT2D eigenvalue weighted by Crippen LogP contribution is 2.39. The molecule has 0 fully saturated rings. The molecule has 14 heavy (non-hydrogen) atoms. The van der Waals surface area contributed by atoms with Crippen molar-refractivity contribution >= 4 is 0 Å². The number of nitrogens with zero attached hydrogens (tertiary/aromatic N) is 1. The average molecular weight is 190 g/mol.